The van der Waals surface area contributed by atoms with Crippen LogP contribution in [0.1, 0.15) is 199 Å². The van der Waals surface area contributed by atoms with Crippen LogP contribution in [0.4, 0.5) is 17.5 Å². The molecule has 27 heteroatoms. The minimum atomic E-state index is -1.13. The van der Waals surface area contributed by atoms with Crippen molar-refractivity contribution in [1.29, 1.82) is 0 Å². The van der Waals surface area contributed by atoms with Crippen molar-refractivity contribution in [2.75, 3.05) is 140 Å². The number of aryl methyl sites for hydroxylation is 5. The number of aliphatic hydroxyl groups excluding tert-OH is 1. The van der Waals surface area contributed by atoms with Gasteiger partial charge in [0.1, 0.15) is 49.0 Å². The fourth-order valence-corrected chi connectivity index (χ4v) is 18.1. The SMILES string of the molecule is C1COCCN1.Cc1cc2nc(N3CCOCC3)ccc2c(-c2ccc(Cl)cc2)c1[C@@H](CO)OC(C)(C)C.Cc1cc2nc(N3CCOCC3)ccc2c(-c2ccc(Cl)cc2)c1[C@@H](COC(=O)C(C)(C)C)OC(C)(C)C.Cc1cc2nc(N3CCOCC3)ccc2c(-c2ccc(Cl)cc2)c1[C@H](OC(C)(C)C)C(=O)O.Cc1ccc2c(-c3ccc(Cl)cc3)c([C@@H](COC(=O)C(C)(C)C)OC(C)(C)C)c(C)cc2n1. The molecule has 12 aromatic rings. The molecule has 4 aliphatic heterocycles. The quantitative estimate of drug-likeness (QED) is 0.0565. The number of esters is 2. The summed E-state index contributed by atoms with van der Waals surface area (Å²) in [4.78, 5) is 64.2. The van der Waals surface area contributed by atoms with Gasteiger partial charge in [0.25, 0.3) is 0 Å². The molecule has 0 radical (unpaired) electrons. The first-order valence-corrected chi connectivity index (χ1v) is 50.4. The van der Waals surface area contributed by atoms with Gasteiger partial charge in [-0.1, -0.05) is 101 Å². The van der Waals surface area contributed by atoms with E-state index in [-0.39, 0.29) is 31.8 Å². The van der Waals surface area contributed by atoms with Crippen LogP contribution in [-0.2, 0) is 61.8 Å². The molecule has 0 amide bonds. The maximum Gasteiger partial charge on any atom is 0.337 e. The van der Waals surface area contributed by atoms with Crippen LogP contribution in [0.2, 0.25) is 20.1 Å². The van der Waals surface area contributed by atoms with Crippen LogP contribution in [0, 0.1) is 45.4 Å². The first kappa shape index (κ1) is 111. The standard InChI is InChI=1S/C31H39ClN2O4.C28H34ClNO3.C26H29ClN2O4.C26H31ClN2O3.C4H9NO/c1-20-18-24-23(12-13-26(33-24)34-14-16-36-17-15-34)28(21-8-10-22(32)11-9-21)27(20)25(38-31(5,6)7)19-37-29(35)30(2,3)4;1-17-15-22-21(14-9-18(2)30-22)25(19-10-12-20(29)13-11-19)24(17)23(33-28(6,7)8)16-32-26(31)27(3,4)5;1-16-15-20-19(9-10-21(28-20)29-11-13-32-14-12-29)23(17-5-7-18(27)8-6-17)22(16)24(25(30)31)33-26(2,3)4;1-17-15-21-20(9-10-23(28-21)29-11-13-31-14-12-29)25(18-5-7-19(27)8-6-18)24(17)22(16-30)32-26(2,3)4;1-3-6-4-2-5-1/h8-13,18,25H,14-17,19H2,1-7H3;9-15,23H,16H2,1-8H3;5-10,15,24H,11-14H2,1-4H3,(H,30,31);5-10,15,22,30H,11-14,16H2,1-4H3;5H,1-4H2/t25-;23-;24-;22-;/m1101./s1. The summed E-state index contributed by atoms with van der Waals surface area (Å²) in [7, 11) is 0. The third-order valence-corrected chi connectivity index (χ3v) is 25.0. The number of carboxylic acids is 1. The molecule has 0 aliphatic carbocycles. The Kier molecular flexibility index (Phi) is 37.7. The molecule has 4 atom stereocenters. The van der Waals surface area contributed by atoms with Gasteiger partial charge < -0.3 is 77.6 Å². The number of aliphatic hydroxyl groups is 1. The van der Waals surface area contributed by atoms with Crippen LogP contribution in [0.15, 0.2) is 170 Å². The van der Waals surface area contributed by atoms with Gasteiger partial charge >= 0.3 is 17.9 Å². The fraction of sp³-hybridized carbons (Fsp3) is 0.452. The van der Waals surface area contributed by atoms with Crippen LogP contribution in [-0.4, -0.2) is 195 Å². The second kappa shape index (κ2) is 48.3. The average molecular weight is 2020 g/mol. The van der Waals surface area contributed by atoms with Gasteiger partial charge in [-0.25, -0.2) is 19.7 Å². The molecule has 4 aromatic heterocycles. The Labute approximate surface area is 858 Å². The molecule has 4 fully saturated rings. The maximum absolute atomic E-state index is 12.7. The second-order valence-corrected chi connectivity index (χ2v) is 44.1. The number of pyridine rings is 4. The minimum absolute atomic E-state index is 0.108. The number of carbonyl (C=O) groups excluding carboxylic acids is 2. The van der Waals surface area contributed by atoms with Gasteiger partial charge in [-0.15, -0.1) is 0 Å². The number of benzene rings is 8. The molecule has 0 bridgehead atoms. The van der Waals surface area contributed by atoms with E-state index in [1.54, 1.807) is 0 Å². The van der Waals surface area contributed by atoms with Crippen LogP contribution in [0.5, 0.6) is 0 Å². The number of carboxylic acid groups (broad SMARTS) is 1. The number of fused-ring (bicyclic) bond motifs is 4. The smallest absolute Gasteiger partial charge is 0.337 e. The second-order valence-electron chi connectivity index (χ2n) is 42.3. The van der Waals surface area contributed by atoms with Crippen LogP contribution >= 0.6 is 46.4 Å². The lowest BCUT2D eigenvalue weighted by molar-refractivity contribution is -0.162. The molecule has 23 nitrogen and oxygen atoms in total. The van der Waals surface area contributed by atoms with Crippen molar-refractivity contribution in [1.82, 2.24) is 25.3 Å². The van der Waals surface area contributed by atoms with Gasteiger partial charge in [-0.2, -0.15) is 0 Å². The van der Waals surface area contributed by atoms with Crippen molar-refractivity contribution < 1.29 is 72.0 Å². The van der Waals surface area contributed by atoms with Gasteiger partial charge in [0.05, 0.1) is 115 Å². The third-order valence-electron chi connectivity index (χ3n) is 24.0. The predicted molar refractivity (Wildman–Crippen MR) is 575 cm³/mol. The van der Waals surface area contributed by atoms with Crippen molar-refractivity contribution in [3.63, 3.8) is 0 Å². The molecular weight excluding hydrogens is 1880 g/mol. The number of hydrogen-bond acceptors (Lipinski definition) is 22. The number of halogens is 4. The summed E-state index contributed by atoms with van der Waals surface area (Å²) in [5.74, 6) is 1.24. The van der Waals surface area contributed by atoms with Gasteiger partial charge in [-0.05, 0) is 358 Å². The Morgan fingerprint density at radius 3 is 0.873 bits per heavy atom. The average Bonchev–Trinajstić information content (AvgIpc) is 0.734. The molecular formula is C115H142Cl4N8O15. The highest BCUT2D eigenvalue weighted by Crippen LogP contribution is 2.48. The summed E-state index contributed by atoms with van der Waals surface area (Å²) < 4.78 is 58.5. The van der Waals surface area contributed by atoms with E-state index in [4.69, 9.17) is 114 Å². The van der Waals surface area contributed by atoms with Crippen molar-refractivity contribution in [2.45, 2.75) is 206 Å². The summed E-state index contributed by atoms with van der Waals surface area (Å²) in [5.41, 5.74) is 16.7. The first-order chi connectivity index (χ1) is 67.0. The monoisotopic (exact) mass is 2010 g/mol. The fourth-order valence-electron chi connectivity index (χ4n) is 17.6. The molecule has 0 unspecified atom stereocenters. The number of nitrogens with one attached hydrogen (secondary N) is 1. The molecule has 4 aliphatic rings. The molecule has 4 saturated heterocycles. The van der Waals surface area contributed by atoms with Crippen LogP contribution in [0.25, 0.3) is 88.1 Å². The lowest BCUT2D eigenvalue weighted by Gasteiger charge is -2.32. The minimum Gasteiger partial charge on any atom is -0.479 e. The highest BCUT2D eigenvalue weighted by Gasteiger charge is 2.37. The number of ether oxygens (including phenoxy) is 10. The number of nitrogens with zero attached hydrogens (tertiary/aromatic N) is 7. The predicted octanol–water partition coefficient (Wildman–Crippen LogP) is 25.6. The lowest BCUT2D eigenvalue weighted by atomic mass is 9.88. The van der Waals surface area contributed by atoms with Gasteiger partial charge in [0.2, 0.25) is 0 Å². The number of aliphatic carboxylic acids is 1. The lowest BCUT2D eigenvalue weighted by Crippen LogP contribution is -2.36. The zero-order valence-corrected chi connectivity index (χ0v) is 89.8. The number of morpholine rings is 4. The topological polar surface area (TPSA) is 257 Å². The molecule has 0 spiro atoms. The number of aromatic nitrogens is 4. The Hall–Kier alpha value is -10.0. The number of carbonyl (C=O) groups is 3. The molecule has 8 aromatic carbocycles. The highest BCUT2D eigenvalue weighted by atomic mass is 35.5. The zero-order chi connectivity index (χ0) is 103. The zero-order valence-electron chi connectivity index (χ0n) is 86.8. The van der Waals surface area contributed by atoms with E-state index in [2.05, 4.69) is 89.3 Å². The van der Waals surface area contributed by atoms with E-state index in [1.165, 1.54) is 0 Å². The summed E-state index contributed by atoms with van der Waals surface area (Å²) >= 11 is 24.8. The van der Waals surface area contributed by atoms with Crippen LogP contribution in [0.3, 0.4) is 0 Å². The Morgan fingerprint density at radius 1 is 0.352 bits per heavy atom. The molecule has 760 valence electrons. The van der Waals surface area contributed by atoms with Crippen molar-refractivity contribution in [2.24, 2.45) is 10.8 Å². The third kappa shape index (κ3) is 30.1. The van der Waals surface area contributed by atoms with Gasteiger partial charge in [0.15, 0.2) is 6.10 Å². The number of hydrogen-bond donors (Lipinski definition) is 3. The Bertz CT molecular complexity index is 6310. The molecule has 3 N–H and O–H groups in total. The highest BCUT2D eigenvalue weighted by molar-refractivity contribution is 6.31. The summed E-state index contributed by atoms with van der Waals surface area (Å²) in [5, 5.41) is 30.2. The van der Waals surface area contributed by atoms with E-state index in [1.807, 2.05) is 260 Å². The van der Waals surface area contributed by atoms with E-state index in [0.29, 0.717) is 52.1 Å². The van der Waals surface area contributed by atoms with E-state index >= 15 is 0 Å². The van der Waals surface area contributed by atoms with Crippen molar-refractivity contribution >= 4 is 125 Å². The summed E-state index contributed by atoms with van der Waals surface area (Å²) in [6, 6.07) is 55.7. The summed E-state index contributed by atoms with van der Waals surface area (Å²) in [6.45, 7) is 57.9. The molecule has 0 saturated carbocycles. The van der Waals surface area contributed by atoms with Crippen LogP contribution < -0.4 is 20.0 Å². The Morgan fingerprint density at radius 2 is 0.613 bits per heavy atom. The molecule has 16 rings (SSSR count). The van der Waals surface area contributed by atoms with E-state index in [9.17, 15) is 24.6 Å². The van der Waals surface area contributed by atoms with E-state index < -0.39 is 63.6 Å². The Balaban J connectivity index is 0.000000166. The largest absolute Gasteiger partial charge is 0.479 e. The van der Waals surface area contributed by atoms with Gasteiger partial charge in [0, 0.05) is 105 Å². The van der Waals surface area contributed by atoms with Crippen molar-refractivity contribution in [3.05, 3.63) is 240 Å². The number of anilines is 3. The molecule has 8 heterocycles. The van der Waals surface area contributed by atoms with Crippen molar-refractivity contribution in [3.8, 4) is 44.5 Å². The van der Waals surface area contributed by atoms with E-state index in [0.717, 1.165) is 229 Å². The summed E-state index contributed by atoms with van der Waals surface area (Å²) in [6.07, 6.45) is -2.51. The van der Waals surface area contributed by atoms with Gasteiger partial charge in [-0.3, -0.25) is 14.6 Å². The maximum atomic E-state index is 12.7. The number of rotatable bonds is 21. The first-order valence-electron chi connectivity index (χ1n) is 48.9. The molecule has 142 heavy (non-hydrogen) atoms. The normalized spacial score (nSPS) is 15.5.